The molecule has 0 saturated carbocycles. The molecule has 0 bridgehead atoms. The Labute approximate surface area is 161 Å². The van der Waals surface area contributed by atoms with Gasteiger partial charge in [-0.3, -0.25) is 4.79 Å². The summed E-state index contributed by atoms with van der Waals surface area (Å²) in [5.74, 6) is 1.41. The number of piperidine rings is 1. The van der Waals surface area contributed by atoms with E-state index in [0.29, 0.717) is 5.82 Å². The molecule has 28 heavy (non-hydrogen) atoms. The largest absolute Gasteiger partial charge is 0.490 e. The molecular formula is C20H22F2N4O2. The first-order chi connectivity index (χ1) is 13.5. The van der Waals surface area contributed by atoms with E-state index in [1.54, 1.807) is 23.9 Å². The van der Waals surface area contributed by atoms with Gasteiger partial charge in [0.05, 0.1) is 18.4 Å². The lowest BCUT2D eigenvalue weighted by molar-refractivity contribution is 0.128. The van der Waals surface area contributed by atoms with Crippen molar-refractivity contribution in [1.29, 1.82) is 0 Å². The summed E-state index contributed by atoms with van der Waals surface area (Å²) in [4.78, 5) is 18.2. The standard InChI is InChI=1S/C20H22F2N4O2/c1-24-13-23-19(11-20(24)27)25-8-5-14(6-9-25)28-17-4-2-3-16-15(17)7-10-26(16)12-18(21)22/h2-4,7,10-11,13-14,18H,5-6,8-9,12H2,1H3. The van der Waals surface area contributed by atoms with Crippen molar-refractivity contribution in [3.63, 3.8) is 0 Å². The van der Waals surface area contributed by atoms with Crippen molar-refractivity contribution in [1.82, 2.24) is 14.1 Å². The number of benzene rings is 1. The molecule has 0 spiro atoms. The van der Waals surface area contributed by atoms with Crippen LogP contribution >= 0.6 is 0 Å². The smallest absolute Gasteiger partial charge is 0.256 e. The predicted molar refractivity (Wildman–Crippen MR) is 103 cm³/mol. The topological polar surface area (TPSA) is 52.3 Å². The fourth-order valence-corrected chi connectivity index (χ4v) is 3.61. The van der Waals surface area contributed by atoms with E-state index in [9.17, 15) is 13.6 Å². The number of hydrogen-bond donors (Lipinski definition) is 0. The molecule has 1 fully saturated rings. The van der Waals surface area contributed by atoms with Gasteiger partial charge in [0, 0.05) is 50.6 Å². The molecule has 1 saturated heterocycles. The Morgan fingerprint density at radius 3 is 2.75 bits per heavy atom. The molecule has 8 heteroatoms. The van der Waals surface area contributed by atoms with Crippen LogP contribution in [0, 0.1) is 0 Å². The van der Waals surface area contributed by atoms with Crippen molar-refractivity contribution in [2.24, 2.45) is 7.05 Å². The van der Waals surface area contributed by atoms with Crippen LogP contribution in [-0.2, 0) is 13.6 Å². The van der Waals surface area contributed by atoms with Crippen LogP contribution in [0.2, 0.25) is 0 Å². The summed E-state index contributed by atoms with van der Waals surface area (Å²) in [5.41, 5.74) is 0.669. The van der Waals surface area contributed by atoms with Crippen molar-refractivity contribution in [2.45, 2.75) is 31.9 Å². The molecular weight excluding hydrogens is 366 g/mol. The second-order valence-electron chi connectivity index (χ2n) is 7.05. The monoisotopic (exact) mass is 388 g/mol. The summed E-state index contributed by atoms with van der Waals surface area (Å²) in [5, 5.41) is 0.846. The SMILES string of the molecule is Cn1cnc(N2CCC(Oc3cccc4c3ccn4CC(F)F)CC2)cc1=O. The Hall–Kier alpha value is -2.90. The third-order valence-corrected chi connectivity index (χ3v) is 5.13. The molecule has 3 heterocycles. The number of alkyl halides is 2. The molecule has 3 aromatic rings. The minimum atomic E-state index is -2.40. The first-order valence-corrected chi connectivity index (χ1v) is 9.31. The van der Waals surface area contributed by atoms with E-state index in [4.69, 9.17) is 4.74 Å². The Bertz CT molecular complexity index is 1020. The van der Waals surface area contributed by atoms with E-state index in [2.05, 4.69) is 9.88 Å². The first kappa shape index (κ1) is 18.5. The van der Waals surface area contributed by atoms with Gasteiger partial charge in [0.1, 0.15) is 17.7 Å². The summed E-state index contributed by atoms with van der Waals surface area (Å²) in [6, 6.07) is 8.91. The number of rotatable bonds is 5. The minimum Gasteiger partial charge on any atom is -0.490 e. The number of ether oxygens (including phenoxy) is 1. The third kappa shape index (κ3) is 3.72. The summed E-state index contributed by atoms with van der Waals surface area (Å²) >= 11 is 0. The van der Waals surface area contributed by atoms with E-state index < -0.39 is 6.43 Å². The lowest BCUT2D eigenvalue weighted by Gasteiger charge is -2.33. The number of hydrogen-bond acceptors (Lipinski definition) is 4. The van der Waals surface area contributed by atoms with Gasteiger partial charge < -0.3 is 18.8 Å². The fraction of sp³-hybridized carbons (Fsp3) is 0.400. The van der Waals surface area contributed by atoms with Crippen LogP contribution in [0.4, 0.5) is 14.6 Å². The average molecular weight is 388 g/mol. The lowest BCUT2D eigenvalue weighted by atomic mass is 10.1. The van der Waals surface area contributed by atoms with E-state index in [1.165, 1.54) is 10.9 Å². The fourth-order valence-electron chi connectivity index (χ4n) is 3.61. The van der Waals surface area contributed by atoms with Crippen molar-refractivity contribution < 1.29 is 13.5 Å². The zero-order valence-electron chi connectivity index (χ0n) is 15.6. The van der Waals surface area contributed by atoms with E-state index in [-0.39, 0.29) is 18.2 Å². The van der Waals surface area contributed by atoms with E-state index in [1.807, 2.05) is 24.3 Å². The molecule has 0 radical (unpaired) electrons. The van der Waals surface area contributed by atoms with Crippen LogP contribution in [0.25, 0.3) is 10.9 Å². The average Bonchev–Trinajstić information content (AvgIpc) is 3.08. The summed E-state index contributed by atoms with van der Waals surface area (Å²) in [7, 11) is 1.67. The number of anilines is 1. The maximum absolute atomic E-state index is 12.7. The Morgan fingerprint density at radius 1 is 1.25 bits per heavy atom. The van der Waals surface area contributed by atoms with Gasteiger partial charge in [-0.2, -0.15) is 0 Å². The Morgan fingerprint density at radius 2 is 2.04 bits per heavy atom. The van der Waals surface area contributed by atoms with Gasteiger partial charge in [-0.05, 0) is 18.2 Å². The van der Waals surface area contributed by atoms with Crippen LogP contribution < -0.4 is 15.2 Å². The summed E-state index contributed by atoms with van der Waals surface area (Å²) in [6.07, 6.45) is 2.44. The van der Waals surface area contributed by atoms with Crippen molar-refractivity contribution in [2.75, 3.05) is 18.0 Å². The number of fused-ring (bicyclic) bond motifs is 1. The maximum atomic E-state index is 12.7. The second-order valence-corrected chi connectivity index (χ2v) is 7.05. The van der Waals surface area contributed by atoms with E-state index in [0.717, 1.165) is 42.6 Å². The first-order valence-electron chi connectivity index (χ1n) is 9.31. The normalized spacial score (nSPS) is 15.5. The molecule has 1 aromatic carbocycles. The van der Waals surface area contributed by atoms with Crippen LogP contribution in [0.5, 0.6) is 5.75 Å². The number of nitrogens with zero attached hydrogens (tertiary/aromatic N) is 4. The Kier molecular flexibility index (Phi) is 5.02. The lowest BCUT2D eigenvalue weighted by Crippen LogP contribution is -2.39. The summed E-state index contributed by atoms with van der Waals surface area (Å²) in [6.45, 7) is 1.16. The molecule has 0 amide bonds. The second kappa shape index (κ2) is 7.61. The zero-order chi connectivity index (χ0) is 19.7. The molecule has 1 aliphatic heterocycles. The summed E-state index contributed by atoms with van der Waals surface area (Å²) < 4.78 is 34.7. The number of aryl methyl sites for hydroxylation is 1. The van der Waals surface area contributed by atoms with Gasteiger partial charge in [-0.25, -0.2) is 13.8 Å². The van der Waals surface area contributed by atoms with Crippen molar-refractivity contribution >= 4 is 16.7 Å². The molecule has 0 aliphatic carbocycles. The highest BCUT2D eigenvalue weighted by atomic mass is 19.3. The van der Waals surface area contributed by atoms with Crippen LogP contribution in [0.15, 0.2) is 47.7 Å². The van der Waals surface area contributed by atoms with Gasteiger partial charge in [0.2, 0.25) is 0 Å². The maximum Gasteiger partial charge on any atom is 0.256 e. The molecule has 0 unspecified atom stereocenters. The van der Waals surface area contributed by atoms with Gasteiger partial charge in [0.25, 0.3) is 12.0 Å². The molecule has 148 valence electrons. The van der Waals surface area contributed by atoms with E-state index >= 15 is 0 Å². The van der Waals surface area contributed by atoms with Crippen LogP contribution in [-0.4, -0.2) is 39.7 Å². The van der Waals surface area contributed by atoms with Crippen LogP contribution in [0.3, 0.4) is 0 Å². The number of aromatic nitrogens is 3. The van der Waals surface area contributed by atoms with Gasteiger partial charge in [-0.1, -0.05) is 6.07 Å². The van der Waals surface area contributed by atoms with Gasteiger partial charge >= 0.3 is 0 Å². The van der Waals surface area contributed by atoms with Gasteiger partial charge in [0.15, 0.2) is 0 Å². The molecule has 1 aliphatic rings. The third-order valence-electron chi connectivity index (χ3n) is 5.13. The quantitative estimate of drug-likeness (QED) is 0.674. The zero-order valence-corrected chi connectivity index (χ0v) is 15.6. The molecule has 0 N–H and O–H groups in total. The predicted octanol–water partition coefficient (Wildman–Crippen LogP) is 3.05. The minimum absolute atomic E-state index is 0.0341. The van der Waals surface area contributed by atoms with Crippen molar-refractivity contribution in [3.8, 4) is 5.75 Å². The molecule has 6 nitrogen and oxygen atoms in total. The molecule has 2 aromatic heterocycles. The van der Waals surface area contributed by atoms with Crippen LogP contribution in [0.1, 0.15) is 12.8 Å². The highest BCUT2D eigenvalue weighted by Crippen LogP contribution is 2.30. The van der Waals surface area contributed by atoms with Gasteiger partial charge in [-0.15, -0.1) is 0 Å². The highest BCUT2D eigenvalue weighted by Gasteiger charge is 2.22. The molecule has 0 atom stereocenters. The Balaban J connectivity index is 1.44. The molecule has 4 rings (SSSR count). The van der Waals surface area contributed by atoms with Crippen molar-refractivity contribution in [3.05, 3.63) is 53.2 Å². The highest BCUT2D eigenvalue weighted by molar-refractivity contribution is 5.86. The number of halogens is 2.